The van der Waals surface area contributed by atoms with Crippen molar-refractivity contribution in [2.75, 3.05) is 32.5 Å². The standard InChI is InChI=1S/C18H22FN5O/c1-20-18(25)16-10-21-17(22-14-7-8-24(2)11-14)15(23-16)9-12-3-5-13(19)6-4-12/h3-6,10,14H,7-9,11H2,1-2H3,(H,20,25)(H,21,22). The van der Waals surface area contributed by atoms with Crippen LogP contribution in [0, 0.1) is 5.82 Å². The van der Waals surface area contributed by atoms with E-state index in [1.165, 1.54) is 18.3 Å². The molecule has 6 nitrogen and oxygen atoms in total. The van der Waals surface area contributed by atoms with Gasteiger partial charge in [0.1, 0.15) is 17.3 Å². The number of nitrogens with one attached hydrogen (secondary N) is 2. The molecule has 2 N–H and O–H groups in total. The first-order valence-electron chi connectivity index (χ1n) is 8.32. The summed E-state index contributed by atoms with van der Waals surface area (Å²) in [6, 6.07) is 6.58. The van der Waals surface area contributed by atoms with E-state index in [0.29, 0.717) is 24.0 Å². The van der Waals surface area contributed by atoms with Crippen LogP contribution in [0.1, 0.15) is 28.2 Å². The largest absolute Gasteiger partial charge is 0.364 e. The smallest absolute Gasteiger partial charge is 0.271 e. The van der Waals surface area contributed by atoms with E-state index >= 15 is 0 Å². The Labute approximate surface area is 146 Å². The van der Waals surface area contributed by atoms with E-state index in [-0.39, 0.29) is 17.4 Å². The summed E-state index contributed by atoms with van der Waals surface area (Å²) in [5, 5.41) is 5.99. The van der Waals surface area contributed by atoms with Crippen molar-refractivity contribution in [3.63, 3.8) is 0 Å². The van der Waals surface area contributed by atoms with E-state index in [1.54, 1.807) is 19.2 Å². The van der Waals surface area contributed by atoms with E-state index < -0.39 is 0 Å². The van der Waals surface area contributed by atoms with Gasteiger partial charge in [0, 0.05) is 26.1 Å². The summed E-state index contributed by atoms with van der Waals surface area (Å²) in [5.41, 5.74) is 1.87. The fraction of sp³-hybridized carbons (Fsp3) is 0.389. The number of likely N-dealkylation sites (tertiary alicyclic amines) is 1. The van der Waals surface area contributed by atoms with Crippen LogP contribution in [0.5, 0.6) is 0 Å². The van der Waals surface area contributed by atoms with Crippen LogP contribution < -0.4 is 10.6 Å². The minimum Gasteiger partial charge on any atom is -0.364 e. The monoisotopic (exact) mass is 343 g/mol. The van der Waals surface area contributed by atoms with Gasteiger partial charge < -0.3 is 15.5 Å². The molecule has 2 aromatic rings. The van der Waals surface area contributed by atoms with Crippen molar-refractivity contribution < 1.29 is 9.18 Å². The fourth-order valence-electron chi connectivity index (χ4n) is 2.95. The van der Waals surface area contributed by atoms with E-state index in [4.69, 9.17) is 0 Å². The second-order valence-electron chi connectivity index (χ2n) is 6.33. The summed E-state index contributed by atoms with van der Waals surface area (Å²) in [6.45, 7) is 1.98. The second-order valence-corrected chi connectivity index (χ2v) is 6.33. The summed E-state index contributed by atoms with van der Waals surface area (Å²) in [7, 11) is 3.64. The van der Waals surface area contributed by atoms with Crippen LogP contribution in [-0.4, -0.2) is 54.0 Å². The van der Waals surface area contributed by atoms with Gasteiger partial charge in [-0.3, -0.25) is 4.79 Å². The summed E-state index contributed by atoms with van der Waals surface area (Å²) < 4.78 is 13.1. The van der Waals surface area contributed by atoms with E-state index in [9.17, 15) is 9.18 Å². The maximum atomic E-state index is 13.1. The quantitative estimate of drug-likeness (QED) is 0.864. The van der Waals surface area contributed by atoms with Crippen LogP contribution in [0.3, 0.4) is 0 Å². The van der Waals surface area contributed by atoms with Crippen LogP contribution >= 0.6 is 0 Å². The third-order valence-electron chi connectivity index (χ3n) is 4.32. The number of benzene rings is 1. The van der Waals surface area contributed by atoms with Crippen molar-refractivity contribution in [2.24, 2.45) is 0 Å². The van der Waals surface area contributed by atoms with Crippen LogP contribution in [0.15, 0.2) is 30.5 Å². The van der Waals surface area contributed by atoms with Crippen LogP contribution in [0.2, 0.25) is 0 Å². The molecule has 1 aliphatic rings. The van der Waals surface area contributed by atoms with Gasteiger partial charge in [-0.05, 0) is 37.7 Å². The molecule has 3 rings (SSSR count). The van der Waals surface area contributed by atoms with Gasteiger partial charge in [0.05, 0.1) is 11.9 Å². The highest BCUT2D eigenvalue weighted by Gasteiger charge is 2.21. The lowest BCUT2D eigenvalue weighted by Gasteiger charge is -2.16. The first-order valence-corrected chi connectivity index (χ1v) is 8.32. The van der Waals surface area contributed by atoms with Gasteiger partial charge in [-0.15, -0.1) is 0 Å². The zero-order valence-electron chi connectivity index (χ0n) is 14.4. The predicted octanol–water partition coefficient (Wildman–Crippen LogP) is 1.68. The number of carbonyl (C=O) groups is 1. The zero-order valence-corrected chi connectivity index (χ0v) is 14.4. The molecule has 0 aliphatic carbocycles. The number of halogens is 1. The summed E-state index contributed by atoms with van der Waals surface area (Å²) in [5.74, 6) is 0.124. The average Bonchev–Trinajstić information content (AvgIpc) is 3.02. The Morgan fingerprint density at radius 1 is 1.36 bits per heavy atom. The van der Waals surface area contributed by atoms with Gasteiger partial charge >= 0.3 is 0 Å². The van der Waals surface area contributed by atoms with Crippen molar-refractivity contribution in [3.8, 4) is 0 Å². The van der Waals surface area contributed by atoms with Gasteiger partial charge in [0.25, 0.3) is 5.91 Å². The van der Waals surface area contributed by atoms with Crippen molar-refractivity contribution in [3.05, 3.63) is 53.2 Å². The number of hydrogen-bond donors (Lipinski definition) is 2. The average molecular weight is 343 g/mol. The Balaban J connectivity index is 1.87. The molecule has 1 saturated heterocycles. The Morgan fingerprint density at radius 3 is 2.76 bits per heavy atom. The Hall–Kier alpha value is -2.54. The molecular weight excluding hydrogens is 321 g/mol. The van der Waals surface area contributed by atoms with Crippen LogP contribution in [0.25, 0.3) is 0 Å². The molecule has 1 aromatic carbocycles. The predicted molar refractivity (Wildman–Crippen MR) is 94.2 cm³/mol. The third-order valence-corrected chi connectivity index (χ3v) is 4.32. The fourth-order valence-corrected chi connectivity index (χ4v) is 2.95. The number of carbonyl (C=O) groups excluding carboxylic acids is 1. The lowest BCUT2D eigenvalue weighted by Crippen LogP contribution is -2.26. The molecule has 1 atom stereocenters. The number of hydrogen-bond acceptors (Lipinski definition) is 5. The molecule has 1 aromatic heterocycles. The topological polar surface area (TPSA) is 70.2 Å². The Bertz CT molecular complexity index is 750. The SMILES string of the molecule is CNC(=O)c1cnc(NC2CCN(C)C2)c(Cc2ccc(F)cc2)n1. The number of nitrogens with zero attached hydrogens (tertiary/aromatic N) is 3. The van der Waals surface area contributed by atoms with Crippen molar-refractivity contribution >= 4 is 11.7 Å². The number of likely N-dealkylation sites (N-methyl/N-ethyl adjacent to an activating group) is 1. The number of amides is 1. The van der Waals surface area contributed by atoms with Gasteiger partial charge in [-0.1, -0.05) is 12.1 Å². The first-order chi connectivity index (χ1) is 12.0. The highest BCUT2D eigenvalue weighted by Crippen LogP contribution is 2.19. The molecule has 1 amide bonds. The molecule has 2 heterocycles. The molecular formula is C18H22FN5O. The lowest BCUT2D eigenvalue weighted by molar-refractivity contribution is 0.0957. The highest BCUT2D eigenvalue weighted by atomic mass is 19.1. The molecule has 0 bridgehead atoms. The minimum absolute atomic E-state index is 0.272. The third kappa shape index (κ3) is 4.30. The molecule has 0 saturated carbocycles. The summed E-state index contributed by atoms with van der Waals surface area (Å²) in [4.78, 5) is 23.0. The first kappa shape index (κ1) is 17.3. The Kier molecular flexibility index (Phi) is 5.23. The number of anilines is 1. The lowest BCUT2D eigenvalue weighted by atomic mass is 10.1. The van der Waals surface area contributed by atoms with Gasteiger partial charge in [0.2, 0.25) is 0 Å². The molecule has 1 unspecified atom stereocenters. The molecule has 0 radical (unpaired) electrons. The highest BCUT2D eigenvalue weighted by molar-refractivity contribution is 5.91. The summed E-state index contributed by atoms with van der Waals surface area (Å²) >= 11 is 0. The molecule has 1 aliphatic heterocycles. The molecule has 132 valence electrons. The summed E-state index contributed by atoms with van der Waals surface area (Å²) in [6.07, 6.45) is 2.99. The van der Waals surface area contributed by atoms with Crippen molar-refractivity contribution in [1.82, 2.24) is 20.2 Å². The molecule has 0 spiro atoms. The van der Waals surface area contributed by atoms with Gasteiger partial charge in [-0.2, -0.15) is 0 Å². The van der Waals surface area contributed by atoms with E-state index in [0.717, 1.165) is 25.1 Å². The van der Waals surface area contributed by atoms with Crippen molar-refractivity contribution in [1.29, 1.82) is 0 Å². The van der Waals surface area contributed by atoms with Crippen LogP contribution in [0.4, 0.5) is 10.2 Å². The van der Waals surface area contributed by atoms with Crippen LogP contribution in [-0.2, 0) is 6.42 Å². The Morgan fingerprint density at radius 2 is 2.12 bits per heavy atom. The van der Waals surface area contributed by atoms with Crippen molar-refractivity contribution in [2.45, 2.75) is 18.9 Å². The maximum absolute atomic E-state index is 13.1. The number of aromatic nitrogens is 2. The second kappa shape index (κ2) is 7.57. The minimum atomic E-state index is -0.278. The van der Waals surface area contributed by atoms with Gasteiger partial charge in [-0.25, -0.2) is 14.4 Å². The van der Waals surface area contributed by atoms with Gasteiger partial charge in [0.15, 0.2) is 0 Å². The number of rotatable bonds is 5. The molecule has 25 heavy (non-hydrogen) atoms. The molecule has 1 fully saturated rings. The normalized spacial score (nSPS) is 17.5. The maximum Gasteiger partial charge on any atom is 0.271 e. The van der Waals surface area contributed by atoms with E-state index in [1.807, 2.05) is 0 Å². The zero-order chi connectivity index (χ0) is 17.8. The molecule has 7 heteroatoms. The van der Waals surface area contributed by atoms with E-state index in [2.05, 4.69) is 32.5 Å².